The van der Waals surface area contributed by atoms with Gasteiger partial charge in [-0.25, -0.2) is 0 Å². The minimum Gasteiger partial charge on any atom is -0.389 e. The van der Waals surface area contributed by atoms with Crippen LogP contribution in [0.25, 0.3) is 0 Å². The summed E-state index contributed by atoms with van der Waals surface area (Å²) >= 11 is 0. The van der Waals surface area contributed by atoms with E-state index in [4.69, 9.17) is 5.73 Å². The number of rotatable bonds is 7. The van der Waals surface area contributed by atoms with Gasteiger partial charge in [0.15, 0.2) is 0 Å². The number of unbranched alkanes of at least 4 members (excludes halogenated alkanes) is 3. The van der Waals surface area contributed by atoms with Gasteiger partial charge in [0.2, 0.25) is 0 Å². The highest BCUT2D eigenvalue weighted by Gasteiger charge is 2.21. The molecule has 0 aromatic carbocycles. The lowest BCUT2D eigenvalue weighted by Crippen LogP contribution is -2.36. The number of nitrogens with two attached hydrogens (primary N) is 1. The maximum atomic E-state index is 9.80. The molecule has 12 heavy (non-hydrogen) atoms. The van der Waals surface area contributed by atoms with Gasteiger partial charge in [0.1, 0.15) is 0 Å². The van der Waals surface area contributed by atoms with Crippen LogP contribution in [-0.4, -0.2) is 17.3 Å². The van der Waals surface area contributed by atoms with Crippen LogP contribution in [0.5, 0.6) is 0 Å². The van der Waals surface area contributed by atoms with Gasteiger partial charge in [0, 0.05) is 6.54 Å². The molecule has 3 N–H and O–H groups in total. The van der Waals surface area contributed by atoms with Gasteiger partial charge in [0.25, 0.3) is 0 Å². The van der Waals surface area contributed by atoms with Gasteiger partial charge in [-0.15, -0.1) is 0 Å². The molecular weight excluding hydrogens is 150 g/mol. The van der Waals surface area contributed by atoms with E-state index < -0.39 is 5.60 Å². The fourth-order valence-electron chi connectivity index (χ4n) is 1.30. The van der Waals surface area contributed by atoms with E-state index in [1.54, 1.807) is 0 Å². The molecule has 0 fully saturated rings. The molecule has 0 rings (SSSR count). The fourth-order valence-corrected chi connectivity index (χ4v) is 1.30. The van der Waals surface area contributed by atoms with E-state index in [9.17, 15) is 5.11 Å². The minimum absolute atomic E-state index is 0.398. The van der Waals surface area contributed by atoms with Crippen molar-refractivity contribution < 1.29 is 5.11 Å². The summed E-state index contributed by atoms with van der Waals surface area (Å²) in [6.45, 7) is 4.58. The third kappa shape index (κ3) is 4.73. The Hall–Kier alpha value is -0.0800. The Morgan fingerprint density at radius 1 is 1.17 bits per heavy atom. The van der Waals surface area contributed by atoms with Crippen molar-refractivity contribution in [2.75, 3.05) is 6.54 Å². The van der Waals surface area contributed by atoms with E-state index in [2.05, 4.69) is 6.92 Å². The Labute approximate surface area is 76.2 Å². The van der Waals surface area contributed by atoms with Crippen molar-refractivity contribution in [2.45, 2.75) is 58.0 Å². The maximum Gasteiger partial charge on any atom is 0.0766 e. The Kier molecular flexibility index (Phi) is 6.39. The summed E-state index contributed by atoms with van der Waals surface area (Å²) in [4.78, 5) is 0. The van der Waals surface area contributed by atoms with Crippen LogP contribution in [0.4, 0.5) is 0 Å². The SMILES string of the molecule is CCCCCCC(O)(CC)CN. The van der Waals surface area contributed by atoms with E-state index in [0.717, 1.165) is 19.3 Å². The first-order chi connectivity index (χ1) is 5.68. The molecule has 0 amide bonds. The molecular formula is C10H23NO. The van der Waals surface area contributed by atoms with Crippen LogP contribution in [0.2, 0.25) is 0 Å². The summed E-state index contributed by atoms with van der Waals surface area (Å²) < 4.78 is 0. The van der Waals surface area contributed by atoms with Crippen molar-refractivity contribution in [3.8, 4) is 0 Å². The van der Waals surface area contributed by atoms with Crippen molar-refractivity contribution in [2.24, 2.45) is 5.73 Å². The van der Waals surface area contributed by atoms with E-state index in [0.29, 0.717) is 6.54 Å². The second kappa shape index (κ2) is 6.44. The molecule has 0 heterocycles. The van der Waals surface area contributed by atoms with E-state index in [-0.39, 0.29) is 0 Å². The standard InChI is InChI=1S/C10H23NO/c1-3-5-6-7-8-10(12,4-2)9-11/h12H,3-9,11H2,1-2H3. The fraction of sp³-hybridized carbons (Fsp3) is 1.00. The largest absolute Gasteiger partial charge is 0.389 e. The predicted octanol–water partition coefficient (Wildman–Crippen LogP) is 2.06. The van der Waals surface area contributed by atoms with Gasteiger partial charge < -0.3 is 10.8 Å². The molecule has 1 unspecified atom stereocenters. The van der Waals surface area contributed by atoms with Crippen LogP contribution in [0.3, 0.4) is 0 Å². The molecule has 0 bridgehead atoms. The first-order valence-corrected chi connectivity index (χ1v) is 5.11. The van der Waals surface area contributed by atoms with Crippen molar-refractivity contribution in [1.82, 2.24) is 0 Å². The van der Waals surface area contributed by atoms with Gasteiger partial charge in [-0.2, -0.15) is 0 Å². The zero-order valence-corrected chi connectivity index (χ0v) is 8.47. The lowest BCUT2D eigenvalue weighted by atomic mass is 9.93. The van der Waals surface area contributed by atoms with Crippen molar-refractivity contribution in [3.63, 3.8) is 0 Å². The van der Waals surface area contributed by atoms with Crippen LogP contribution in [0.15, 0.2) is 0 Å². The molecule has 0 saturated carbocycles. The minimum atomic E-state index is -0.590. The zero-order valence-electron chi connectivity index (χ0n) is 8.47. The molecule has 2 heteroatoms. The average Bonchev–Trinajstić information content (AvgIpc) is 2.12. The zero-order chi connectivity index (χ0) is 9.45. The van der Waals surface area contributed by atoms with E-state index >= 15 is 0 Å². The Morgan fingerprint density at radius 3 is 2.25 bits per heavy atom. The first kappa shape index (κ1) is 11.9. The molecule has 0 aromatic heterocycles. The van der Waals surface area contributed by atoms with Gasteiger partial charge in [0.05, 0.1) is 5.60 Å². The average molecular weight is 173 g/mol. The highest BCUT2D eigenvalue weighted by atomic mass is 16.3. The summed E-state index contributed by atoms with van der Waals surface area (Å²) in [5.74, 6) is 0. The van der Waals surface area contributed by atoms with E-state index in [1.807, 2.05) is 6.92 Å². The third-order valence-corrected chi connectivity index (χ3v) is 2.53. The van der Waals surface area contributed by atoms with Crippen molar-refractivity contribution >= 4 is 0 Å². The summed E-state index contributed by atoms with van der Waals surface area (Å²) in [5.41, 5.74) is 4.89. The molecule has 0 spiro atoms. The Balaban J connectivity index is 3.45. The molecule has 0 saturated heterocycles. The summed E-state index contributed by atoms with van der Waals surface area (Å²) in [7, 11) is 0. The summed E-state index contributed by atoms with van der Waals surface area (Å²) in [6, 6.07) is 0. The lowest BCUT2D eigenvalue weighted by molar-refractivity contribution is 0.0338. The molecule has 0 aliphatic rings. The molecule has 0 aliphatic heterocycles. The maximum absolute atomic E-state index is 9.80. The van der Waals surface area contributed by atoms with Crippen LogP contribution >= 0.6 is 0 Å². The number of aliphatic hydroxyl groups is 1. The Morgan fingerprint density at radius 2 is 1.83 bits per heavy atom. The summed E-state index contributed by atoms with van der Waals surface area (Å²) in [5, 5.41) is 9.80. The monoisotopic (exact) mass is 173 g/mol. The van der Waals surface area contributed by atoms with Crippen LogP contribution in [0.1, 0.15) is 52.4 Å². The van der Waals surface area contributed by atoms with Crippen molar-refractivity contribution in [3.05, 3.63) is 0 Å². The lowest BCUT2D eigenvalue weighted by Gasteiger charge is -2.24. The highest BCUT2D eigenvalue weighted by molar-refractivity contribution is 4.77. The normalized spacial score (nSPS) is 16.0. The topological polar surface area (TPSA) is 46.2 Å². The second-order valence-electron chi connectivity index (χ2n) is 3.59. The van der Waals surface area contributed by atoms with Gasteiger partial charge >= 0.3 is 0 Å². The molecule has 0 radical (unpaired) electrons. The van der Waals surface area contributed by atoms with Crippen LogP contribution < -0.4 is 5.73 Å². The summed E-state index contributed by atoms with van der Waals surface area (Å²) in [6.07, 6.45) is 6.47. The predicted molar refractivity (Wildman–Crippen MR) is 53.1 cm³/mol. The molecule has 1 atom stereocenters. The molecule has 74 valence electrons. The smallest absolute Gasteiger partial charge is 0.0766 e. The van der Waals surface area contributed by atoms with Gasteiger partial charge in [-0.05, 0) is 12.8 Å². The first-order valence-electron chi connectivity index (χ1n) is 5.11. The molecule has 0 aromatic rings. The Bertz CT molecular complexity index is 100. The van der Waals surface area contributed by atoms with Crippen LogP contribution in [-0.2, 0) is 0 Å². The van der Waals surface area contributed by atoms with Crippen molar-refractivity contribution in [1.29, 1.82) is 0 Å². The van der Waals surface area contributed by atoms with Crippen LogP contribution in [0, 0.1) is 0 Å². The third-order valence-electron chi connectivity index (χ3n) is 2.53. The number of hydrogen-bond acceptors (Lipinski definition) is 2. The quantitative estimate of drug-likeness (QED) is 0.579. The number of hydrogen-bond donors (Lipinski definition) is 2. The van der Waals surface area contributed by atoms with E-state index in [1.165, 1.54) is 19.3 Å². The molecule has 2 nitrogen and oxygen atoms in total. The second-order valence-corrected chi connectivity index (χ2v) is 3.59. The van der Waals surface area contributed by atoms with Gasteiger partial charge in [-0.3, -0.25) is 0 Å². The molecule has 0 aliphatic carbocycles. The highest BCUT2D eigenvalue weighted by Crippen LogP contribution is 2.17. The van der Waals surface area contributed by atoms with Gasteiger partial charge in [-0.1, -0.05) is 39.5 Å².